The molecule has 0 heterocycles. The third-order valence-corrected chi connectivity index (χ3v) is 4.21. The fourth-order valence-electron chi connectivity index (χ4n) is 2.69. The summed E-state index contributed by atoms with van der Waals surface area (Å²) in [4.78, 5) is 4.27. The summed E-state index contributed by atoms with van der Waals surface area (Å²) in [7, 11) is 0. The van der Waals surface area contributed by atoms with Crippen LogP contribution in [0.1, 0.15) is 59.6 Å². The van der Waals surface area contributed by atoms with Gasteiger partial charge in [-0.15, -0.1) is 0 Å². The summed E-state index contributed by atoms with van der Waals surface area (Å²) in [6, 6.07) is 2.59. The van der Waals surface area contributed by atoms with Gasteiger partial charge >= 0.3 is 6.18 Å². The molecule has 0 fully saturated rings. The minimum Gasteiger partial charge on any atom is -0.379 e. The van der Waals surface area contributed by atoms with Gasteiger partial charge in [-0.05, 0) is 62.1 Å². The second-order valence-corrected chi connectivity index (χ2v) is 7.26. The van der Waals surface area contributed by atoms with Crippen LogP contribution in [0.5, 0.6) is 0 Å². The van der Waals surface area contributed by atoms with Crippen LogP contribution >= 0.6 is 0 Å². The Labute approximate surface area is 213 Å². The number of nitrogens with one attached hydrogen (secondary N) is 1. The minimum atomic E-state index is -4.57. The maximum absolute atomic E-state index is 13.1. The molecule has 36 heavy (non-hydrogen) atoms. The average molecular weight is 511 g/mol. The van der Waals surface area contributed by atoms with Crippen molar-refractivity contribution < 1.29 is 22.0 Å². The van der Waals surface area contributed by atoms with E-state index in [-0.39, 0.29) is 11.4 Å². The lowest BCUT2D eigenvalue weighted by molar-refractivity contribution is -0.137. The molecular formula is C29H39F5N2. The molecule has 0 saturated carbocycles. The van der Waals surface area contributed by atoms with Gasteiger partial charge in [0.1, 0.15) is 11.6 Å². The Bertz CT molecular complexity index is 962. The van der Waals surface area contributed by atoms with E-state index in [0.29, 0.717) is 29.8 Å². The third-order valence-electron chi connectivity index (χ3n) is 4.21. The van der Waals surface area contributed by atoms with Crippen LogP contribution in [0.3, 0.4) is 0 Å². The largest absolute Gasteiger partial charge is 0.417 e. The van der Waals surface area contributed by atoms with Gasteiger partial charge in [0.15, 0.2) is 0 Å². The van der Waals surface area contributed by atoms with E-state index in [4.69, 9.17) is 0 Å². The summed E-state index contributed by atoms with van der Waals surface area (Å²) in [6.07, 6.45) is 6.45. The van der Waals surface area contributed by atoms with Crippen molar-refractivity contribution in [2.24, 2.45) is 10.9 Å². The molecule has 2 nitrogen and oxygen atoms in total. The first-order valence-corrected chi connectivity index (χ1v) is 11.7. The van der Waals surface area contributed by atoms with E-state index in [2.05, 4.69) is 43.4 Å². The number of nitrogens with zero attached hydrogens (tertiary/aromatic N) is 1. The van der Waals surface area contributed by atoms with Crippen LogP contribution in [-0.2, 0) is 6.18 Å². The first-order chi connectivity index (χ1) is 16.9. The maximum Gasteiger partial charge on any atom is 0.417 e. The van der Waals surface area contributed by atoms with Crippen molar-refractivity contribution in [1.29, 1.82) is 0 Å². The molecule has 0 unspecified atom stereocenters. The van der Waals surface area contributed by atoms with Gasteiger partial charge < -0.3 is 5.32 Å². The highest BCUT2D eigenvalue weighted by Crippen LogP contribution is 2.35. The fraction of sp³-hybridized carbons (Fsp3) is 0.345. The number of hydrogen-bond donors (Lipinski definition) is 1. The standard InChI is InChI=1S/C15H23FN2.C12H10F4.C2H6/c1-6-13(16)10-14(7-2)18-11-15(17-8-3)9-12(4)5;1-3-8(4-2)10-6-5-9(13)7-11(10)12(14,15)16;1-2/h6-10,12,18H,2,11H2,1,3-5H3;3-7H,1H2,2H3;1-2H3/b13-6+,14-10+,15-9-,17-8?;8-4+;. The highest BCUT2D eigenvalue weighted by Gasteiger charge is 2.34. The molecule has 1 N–H and O–H groups in total. The molecule has 0 aliphatic carbocycles. The number of aliphatic imine (C=N–C) groups is 1. The molecule has 0 radical (unpaired) electrons. The van der Waals surface area contributed by atoms with Gasteiger partial charge in [0.05, 0.1) is 17.8 Å². The number of hydrogen-bond acceptors (Lipinski definition) is 2. The van der Waals surface area contributed by atoms with E-state index in [1.165, 1.54) is 24.3 Å². The van der Waals surface area contributed by atoms with E-state index in [1.807, 2.05) is 20.8 Å². The van der Waals surface area contributed by atoms with Crippen molar-refractivity contribution in [1.82, 2.24) is 5.32 Å². The summed E-state index contributed by atoms with van der Waals surface area (Å²) in [5.74, 6) is -0.768. The Morgan fingerprint density at radius 2 is 1.67 bits per heavy atom. The maximum atomic E-state index is 13.1. The molecule has 0 aromatic heterocycles. The highest BCUT2D eigenvalue weighted by molar-refractivity contribution is 5.75. The van der Waals surface area contributed by atoms with Crippen LogP contribution in [0, 0.1) is 11.7 Å². The molecule has 1 rings (SSSR count). The van der Waals surface area contributed by atoms with Gasteiger partial charge in [0, 0.05) is 11.9 Å². The Kier molecular flexibility index (Phi) is 18.5. The molecule has 0 aliphatic heterocycles. The molecule has 0 atom stereocenters. The molecule has 200 valence electrons. The van der Waals surface area contributed by atoms with Crippen molar-refractivity contribution in [3.05, 3.63) is 102 Å². The average Bonchev–Trinajstić information content (AvgIpc) is 2.83. The van der Waals surface area contributed by atoms with E-state index in [0.717, 1.165) is 17.8 Å². The van der Waals surface area contributed by atoms with Gasteiger partial charge in [-0.3, -0.25) is 4.99 Å². The van der Waals surface area contributed by atoms with Crippen molar-refractivity contribution in [2.45, 2.75) is 54.6 Å². The number of alkyl halides is 3. The van der Waals surface area contributed by atoms with Gasteiger partial charge in [0.25, 0.3) is 0 Å². The molecule has 0 aliphatic rings. The summed E-state index contributed by atoms with van der Waals surface area (Å²) >= 11 is 0. The second-order valence-electron chi connectivity index (χ2n) is 7.26. The molecule has 0 saturated heterocycles. The second kappa shape index (κ2) is 19.0. The van der Waals surface area contributed by atoms with Crippen LogP contribution in [-0.4, -0.2) is 12.8 Å². The monoisotopic (exact) mass is 510 g/mol. The lowest BCUT2D eigenvalue weighted by Gasteiger charge is -2.13. The molecule has 0 bridgehead atoms. The van der Waals surface area contributed by atoms with Crippen LogP contribution in [0.15, 0.2) is 90.0 Å². The quantitative estimate of drug-likeness (QED) is 0.200. The third kappa shape index (κ3) is 14.2. The van der Waals surface area contributed by atoms with Crippen molar-refractivity contribution in [3.63, 3.8) is 0 Å². The predicted octanol–water partition coefficient (Wildman–Crippen LogP) is 9.61. The molecule has 0 amide bonds. The van der Waals surface area contributed by atoms with Gasteiger partial charge in [0.2, 0.25) is 0 Å². The minimum absolute atomic E-state index is 0.0635. The number of halogens is 5. The van der Waals surface area contributed by atoms with Crippen LogP contribution in [0.25, 0.3) is 5.57 Å². The van der Waals surface area contributed by atoms with Gasteiger partial charge in [-0.2, -0.15) is 13.2 Å². The summed E-state index contributed by atoms with van der Waals surface area (Å²) in [5.41, 5.74) is 0.854. The topological polar surface area (TPSA) is 24.4 Å². The van der Waals surface area contributed by atoms with E-state index in [9.17, 15) is 22.0 Å². The Balaban J connectivity index is 0. The first kappa shape index (κ1) is 34.9. The fourth-order valence-corrected chi connectivity index (χ4v) is 2.69. The molecular weight excluding hydrogens is 471 g/mol. The van der Waals surface area contributed by atoms with Crippen LogP contribution in [0.4, 0.5) is 22.0 Å². The zero-order chi connectivity index (χ0) is 28.3. The first-order valence-electron chi connectivity index (χ1n) is 11.7. The molecule has 0 spiro atoms. The van der Waals surface area contributed by atoms with Crippen molar-refractivity contribution >= 4 is 11.8 Å². The summed E-state index contributed by atoms with van der Waals surface area (Å²) in [5, 5.41) is 3.11. The van der Waals surface area contributed by atoms with E-state index < -0.39 is 17.6 Å². The lowest BCUT2D eigenvalue weighted by atomic mass is 9.99. The van der Waals surface area contributed by atoms with Gasteiger partial charge in [-0.1, -0.05) is 71.2 Å². The zero-order valence-electron chi connectivity index (χ0n) is 22.3. The van der Waals surface area contributed by atoms with Gasteiger partial charge in [-0.25, -0.2) is 8.78 Å². The SMILES string of the molecule is C=C/C(=C\C(F)=C/C)NC/C(=C/C(C)C)N=CC.C=C/C(=C\C)c1ccc(F)cc1C(F)(F)F.CC. The highest BCUT2D eigenvalue weighted by atomic mass is 19.4. The predicted molar refractivity (Wildman–Crippen MR) is 145 cm³/mol. The van der Waals surface area contributed by atoms with Crippen LogP contribution < -0.4 is 5.32 Å². The Hall–Kier alpha value is -3.22. The lowest BCUT2D eigenvalue weighted by Crippen LogP contribution is -2.15. The van der Waals surface area contributed by atoms with Crippen molar-refractivity contribution in [2.75, 3.05) is 6.54 Å². The Morgan fingerprint density at radius 1 is 1.06 bits per heavy atom. The molecule has 7 heteroatoms. The molecule has 1 aromatic carbocycles. The summed E-state index contributed by atoms with van der Waals surface area (Å²) in [6.45, 7) is 20.9. The number of allylic oxidation sites excluding steroid dienone is 8. The van der Waals surface area contributed by atoms with E-state index in [1.54, 1.807) is 26.1 Å². The van der Waals surface area contributed by atoms with Crippen LogP contribution in [0.2, 0.25) is 0 Å². The zero-order valence-corrected chi connectivity index (χ0v) is 22.3. The summed E-state index contributed by atoms with van der Waals surface area (Å²) < 4.78 is 63.8. The molecule has 1 aromatic rings. The van der Waals surface area contributed by atoms with Crippen molar-refractivity contribution in [3.8, 4) is 0 Å². The normalized spacial score (nSPS) is 13.0. The smallest absolute Gasteiger partial charge is 0.379 e. The number of benzene rings is 1. The Morgan fingerprint density at radius 3 is 2.08 bits per heavy atom. The number of rotatable bonds is 9. The van der Waals surface area contributed by atoms with E-state index >= 15 is 0 Å².